The molecule has 0 spiro atoms. The van der Waals surface area contributed by atoms with Crippen LogP contribution in [0.3, 0.4) is 0 Å². The smallest absolute Gasteiger partial charge is 0.355 e. The van der Waals surface area contributed by atoms with Crippen LogP contribution in [0.15, 0.2) is 29.6 Å². The molecule has 0 saturated carbocycles. The van der Waals surface area contributed by atoms with Crippen molar-refractivity contribution in [1.82, 2.24) is 10.3 Å². The Morgan fingerprint density at radius 3 is 2.86 bits per heavy atom. The van der Waals surface area contributed by atoms with Crippen molar-refractivity contribution in [2.75, 3.05) is 7.11 Å². The second kappa shape index (κ2) is 7.04. The minimum atomic E-state index is -1.07. The standard InChI is InChI=1S/C15H16N2O4S/c1-9(10-4-3-5-11(6-10)21-2)14(18)16-7-13-17-12(8-22-13)15(19)20/h3-6,8-9H,7H2,1-2H3,(H,16,18)(H,19,20). The van der Waals surface area contributed by atoms with Crippen molar-refractivity contribution in [3.63, 3.8) is 0 Å². The third-order valence-electron chi connectivity index (χ3n) is 3.17. The van der Waals surface area contributed by atoms with Crippen molar-refractivity contribution in [3.05, 3.63) is 45.9 Å². The Balaban J connectivity index is 1.97. The summed E-state index contributed by atoms with van der Waals surface area (Å²) in [5.74, 6) is -0.865. The highest BCUT2D eigenvalue weighted by Gasteiger charge is 2.16. The largest absolute Gasteiger partial charge is 0.497 e. The molecular formula is C15H16N2O4S. The molecular weight excluding hydrogens is 304 g/mol. The molecule has 0 saturated heterocycles. The van der Waals surface area contributed by atoms with Gasteiger partial charge < -0.3 is 15.2 Å². The summed E-state index contributed by atoms with van der Waals surface area (Å²) >= 11 is 1.21. The average Bonchev–Trinajstić information content (AvgIpc) is 3.01. The van der Waals surface area contributed by atoms with E-state index >= 15 is 0 Å². The van der Waals surface area contributed by atoms with Crippen LogP contribution >= 0.6 is 11.3 Å². The van der Waals surface area contributed by atoms with E-state index in [1.54, 1.807) is 14.0 Å². The molecule has 0 aliphatic heterocycles. The maximum atomic E-state index is 12.2. The van der Waals surface area contributed by atoms with Gasteiger partial charge >= 0.3 is 5.97 Å². The summed E-state index contributed by atoms with van der Waals surface area (Å²) in [6.45, 7) is 2.01. The average molecular weight is 320 g/mol. The molecule has 1 aromatic carbocycles. The normalized spacial score (nSPS) is 11.7. The summed E-state index contributed by atoms with van der Waals surface area (Å²) in [7, 11) is 1.58. The number of carbonyl (C=O) groups excluding carboxylic acids is 1. The van der Waals surface area contributed by atoms with Crippen molar-refractivity contribution in [1.29, 1.82) is 0 Å². The Labute approximate surface area is 131 Å². The highest BCUT2D eigenvalue weighted by atomic mass is 32.1. The summed E-state index contributed by atoms with van der Waals surface area (Å²) in [4.78, 5) is 26.8. The van der Waals surface area contributed by atoms with Gasteiger partial charge in [-0.15, -0.1) is 11.3 Å². The molecule has 1 unspecified atom stereocenters. The molecule has 1 heterocycles. The highest BCUT2D eigenvalue weighted by Crippen LogP contribution is 2.21. The van der Waals surface area contributed by atoms with Gasteiger partial charge in [-0.05, 0) is 24.6 Å². The lowest BCUT2D eigenvalue weighted by atomic mass is 10.0. The molecule has 6 nitrogen and oxygen atoms in total. The predicted octanol–water partition coefficient (Wildman–Crippen LogP) is 2.27. The van der Waals surface area contributed by atoms with Crippen LogP contribution in [0.5, 0.6) is 5.75 Å². The Bertz CT molecular complexity index is 684. The Morgan fingerprint density at radius 2 is 2.23 bits per heavy atom. The fourth-order valence-corrected chi connectivity index (χ4v) is 2.58. The van der Waals surface area contributed by atoms with Crippen LogP contribution in [0.1, 0.15) is 33.9 Å². The number of carbonyl (C=O) groups is 2. The van der Waals surface area contributed by atoms with E-state index in [9.17, 15) is 9.59 Å². The van der Waals surface area contributed by atoms with Crippen LogP contribution in [0, 0.1) is 0 Å². The molecule has 1 atom stereocenters. The number of aromatic nitrogens is 1. The summed E-state index contributed by atoms with van der Waals surface area (Å²) < 4.78 is 5.14. The molecule has 0 aliphatic carbocycles. The molecule has 22 heavy (non-hydrogen) atoms. The van der Waals surface area contributed by atoms with E-state index in [0.717, 1.165) is 5.56 Å². The number of hydrogen-bond donors (Lipinski definition) is 2. The van der Waals surface area contributed by atoms with Gasteiger partial charge in [-0.1, -0.05) is 12.1 Å². The number of rotatable bonds is 6. The van der Waals surface area contributed by atoms with Crippen molar-refractivity contribution in [2.24, 2.45) is 0 Å². The lowest BCUT2D eigenvalue weighted by molar-refractivity contribution is -0.122. The minimum Gasteiger partial charge on any atom is -0.497 e. The monoisotopic (exact) mass is 320 g/mol. The number of methoxy groups -OCH3 is 1. The van der Waals surface area contributed by atoms with Gasteiger partial charge in [-0.3, -0.25) is 4.79 Å². The van der Waals surface area contributed by atoms with E-state index in [0.29, 0.717) is 10.8 Å². The fourth-order valence-electron chi connectivity index (χ4n) is 1.87. The highest BCUT2D eigenvalue weighted by molar-refractivity contribution is 7.09. The molecule has 1 aromatic heterocycles. The number of nitrogens with zero attached hydrogens (tertiary/aromatic N) is 1. The number of hydrogen-bond acceptors (Lipinski definition) is 5. The molecule has 0 bridgehead atoms. The van der Waals surface area contributed by atoms with Crippen LogP contribution < -0.4 is 10.1 Å². The van der Waals surface area contributed by atoms with E-state index in [2.05, 4.69) is 10.3 Å². The van der Waals surface area contributed by atoms with Gasteiger partial charge in [0.15, 0.2) is 5.69 Å². The lowest BCUT2D eigenvalue weighted by Gasteiger charge is -2.12. The van der Waals surface area contributed by atoms with Crippen molar-refractivity contribution < 1.29 is 19.4 Å². The number of benzene rings is 1. The Hall–Kier alpha value is -2.41. The molecule has 2 rings (SSSR count). The third-order valence-corrected chi connectivity index (χ3v) is 4.02. The van der Waals surface area contributed by atoms with Gasteiger partial charge in [-0.25, -0.2) is 9.78 Å². The number of thiazole rings is 1. The minimum absolute atomic E-state index is 0.00454. The molecule has 0 aliphatic rings. The maximum Gasteiger partial charge on any atom is 0.355 e. The van der Waals surface area contributed by atoms with Crippen molar-refractivity contribution in [3.8, 4) is 5.75 Å². The van der Waals surface area contributed by atoms with Gasteiger partial charge in [0.1, 0.15) is 10.8 Å². The molecule has 0 radical (unpaired) electrons. The Kier molecular flexibility index (Phi) is 5.11. The van der Waals surface area contributed by atoms with Crippen LogP contribution in [0.2, 0.25) is 0 Å². The Morgan fingerprint density at radius 1 is 1.45 bits per heavy atom. The lowest BCUT2D eigenvalue weighted by Crippen LogP contribution is -2.27. The maximum absolute atomic E-state index is 12.2. The first-order chi connectivity index (χ1) is 10.5. The quantitative estimate of drug-likeness (QED) is 0.852. The van der Waals surface area contributed by atoms with Crippen LogP contribution in [0.4, 0.5) is 0 Å². The number of ether oxygens (including phenoxy) is 1. The molecule has 7 heteroatoms. The van der Waals surface area contributed by atoms with Crippen molar-refractivity contribution in [2.45, 2.75) is 19.4 Å². The van der Waals surface area contributed by atoms with Crippen molar-refractivity contribution >= 4 is 23.2 Å². The first kappa shape index (κ1) is 16.0. The number of amides is 1. The number of carboxylic acid groups (broad SMARTS) is 1. The second-order valence-electron chi connectivity index (χ2n) is 4.65. The van der Waals surface area contributed by atoms with Crippen LogP contribution in [0.25, 0.3) is 0 Å². The van der Waals surface area contributed by atoms with E-state index in [1.165, 1.54) is 16.7 Å². The molecule has 116 valence electrons. The van der Waals surface area contributed by atoms with Gasteiger partial charge in [0.2, 0.25) is 5.91 Å². The summed E-state index contributed by atoms with van der Waals surface area (Å²) in [5, 5.41) is 13.6. The first-order valence-electron chi connectivity index (χ1n) is 6.60. The molecule has 2 aromatic rings. The van der Waals surface area contributed by atoms with Gasteiger partial charge in [0.05, 0.1) is 19.6 Å². The molecule has 1 amide bonds. The summed E-state index contributed by atoms with van der Waals surface area (Å²) in [6, 6.07) is 7.32. The number of carboxylic acids is 1. The topological polar surface area (TPSA) is 88.5 Å². The zero-order chi connectivity index (χ0) is 16.1. The number of nitrogens with one attached hydrogen (secondary N) is 1. The fraction of sp³-hybridized carbons (Fsp3) is 0.267. The number of aromatic carboxylic acids is 1. The zero-order valence-electron chi connectivity index (χ0n) is 12.2. The zero-order valence-corrected chi connectivity index (χ0v) is 13.0. The second-order valence-corrected chi connectivity index (χ2v) is 5.59. The van der Waals surface area contributed by atoms with Crippen LogP contribution in [-0.2, 0) is 11.3 Å². The van der Waals surface area contributed by atoms with E-state index in [1.807, 2.05) is 24.3 Å². The third kappa shape index (κ3) is 3.82. The molecule has 2 N–H and O–H groups in total. The van der Waals surface area contributed by atoms with E-state index in [-0.39, 0.29) is 24.1 Å². The SMILES string of the molecule is COc1cccc(C(C)C(=O)NCc2nc(C(=O)O)cs2)c1. The van der Waals surface area contributed by atoms with Gasteiger partial charge in [0.25, 0.3) is 0 Å². The first-order valence-corrected chi connectivity index (χ1v) is 7.48. The molecule has 0 fully saturated rings. The van der Waals surface area contributed by atoms with Crippen LogP contribution in [-0.4, -0.2) is 29.1 Å². The van der Waals surface area contributed by atoms with E-state index < -0.39 is 5.97 Å². The van der Waals surface area contributed by atoms with Gasteiger partial charge in [0, 0.05) is 5.38 Å². The summed E-state index contributed by atoms with van der Waals surface area (Å²) in [6.07, 6.45) is 0. The van der Waals surface area contributed by atoms with Gasteiger partial charge in [-0.2, -0.15) is 0 Å². The summed E-state index contributed by atoms with van der Waals surface area (Å²) in [5.41, 5.74) is 0.845. The predicted molar refractivity (Wildman–Crippen MR) is 82.3 cm³/mol. The van der Waals surface area contributed by atoms with E-state index in [4.69, 9.17) is 9.84 Å².